The molecule has 2 rings (SSSR count). The van der Waals surface area contributed by atoms with Crippen LogP contribution in [0, 0.1) is 16.0 Å². The molecular formula is C16H23N3O4. The standard InChI is InChI=1S/C16H23N3O4/c1-15(2)9-12(17-21)13(16(3,4)18-15)14(20)10-6-5-7-11(8-10)19(22)23/h5-8,13-14,18,20-21H,9H2,1-4H3/b17-12+/t13-,14-/m1/s1. The summed E-state index contributed by atoms with van der Waals surface area (Å²) in [6, 6.07) is 5.92. The predicted molar refractivity (Wildman–Crippen MR) is 86.7 cm³/mol. The molecule has 1 aromatic carbocycles. The second-order valence-electron chi connectivity index (χ2n) is 7.27. The number of piperidine rings is 1. The zero-order valence-corrected chi connectivity index (χ0v) is 13.8. The molecule has 0 aliphatic carbocycles. The van der Waals surface area contributed by atoms with Crippen molar-refractivity contribution in [2.45, 2.75) is 51.3 Å². The van der Waals surface area contributed by atoms with Gasteiger partial charge in [0.1, 0.15) is 0 Å². The molecule has 1 saturated heterocycles. The largest absolute Gasteiger partial charge is 0.411 e. The van der Waals surface area contributed by atoms with E-state index in [0.29, 0.717) is 17.7 Å². The number of aliphatic hydroxyl groups is 1. The van der Waals surface area contributed by atoms with Crippen molar-refractivity contribution in [1.29, 1.82) is 0 Å². The van der Waals surface area contributed by atoms with Crippen LogP contribution in [0.4, 0.5) is 5.69 Å². The lowest BCUT2D eigenvalue weighted by molar-refractivity contribution is -0.385. The first-order valence-electron chi connectivity index (χ1n) is 7.50. The second-order valence-corrected chi connectivity index (χ2v) is 7.27. The van der Waals surface area contributed by atoms with Crippen LogP contribution in [0.25, 0.3) is 0 Å². The van der Waals surface area contributed by atoms with E-state index >= 15 is 0 Å². The Morgan fingerprint density at radius 1 is 1.39 bits per heavy atom. The number of nitrogens with one attached hydrogen (secondary N) is 1. The molecule has 2 atom stereocenters. The van der Waals surface area contributed by atoms with E-state index in [1.807, 2.05) is 27.7 Å². The third-order valence-corrected chi connectivity index (χ3v) is 4.29. The van der Waals surface area contributed by atoms with Crippen LogP contribution < -0.4 is 5.32 Å². The van der Waals surface area contributed by atoms with E-state index in [-0.39, 0.29) is 11.2 Å². The lowest BCUT2D eigenvalue weighted by Crippen LogP contribution is -2.64. The van der Waals surface area contributed by atoms with E-state index in [0.717, 1.165) is 0 Å². The molecule has 1 aliphatic rings. The van der Waals surface area contributed by atoms with Crippen molar-refractivity contribution in [1.82, 2.24) is 5.32 Å². The highest BCUT2D eigenvalue weighted by molar-refractivity contribution is 5.90. The summed E-state index contributed by atoms with van der Waals surface area (Å²) in [5.74, 6) is -0.498. The van der Waals surface area contributed by atoms with Gasteiger partial charge in [0.25, 0.3) is 5.69 Å². The summed E-state index contributed by atoms with van der Waals surface area (Å²) in [4.78, 5) is 10.4. The highest BCUT2D eigenvalue weighted by Gasteiger charge is 2.47. The average Bonchev–Trinajstić information content (AvgIpc) is 2.43. The molecule has 23 heavy (non-hydrogen) atoms. The van der Waals surface area contributed by atoms with Gasteiger partial charge in [-0.3, -0.25) is 10.1 Å². The van der Waals surface area contributed by atoms with Crippen molar-refractivity contribution in [3.05, 3.63) is 39.9 Å². The Hall–Kier alpha value is -1.99. The molecule has 7 nitrogen and oxygen atoms in total. The summed E-state index contributed by atoms with van der Waals surface area (Å²) in [5, 5.41) is 38.0. The maximum atomic E-state index is 10.9. The molecule has 7 heteroatoms. The zero-order chi connectivity index (χ0) is 17.4. The monoisotopic (exact) mass is 321 g/mol. The number of hydrogen-bond acceptors (Lipinski definition) is 6. The van der Waals surface area contributed by atoms with Gasteiger partial charge in [-0.15, -0.1) is 0 Å². The Kier molecular flexibility index (Phi) is 4.45. The van der Waals surface area contributed by atoms with Gasteiger partial charge in [-0.1, -0.05) is 17.3 Å². The minimum absolute atomic E-state index is 0.0778. The van der Waals surface area contributed by atoms with Crippen LogP contribution in [0.2, 0.25) is 0 Å². The number of hydrogen-bond donors (Lipinski definition) is 3. The fourth-order valence-corrected chi connectivity index (χ4v) is 3.66. The van der Waals surface area contributed by atoms with E-state index in [9.17, 15) is 20.4 Å². The Labute approximate surface area is 135 Å². The first kappa shape index (κ1) is 17.4. The SMILES string of the molecule is CC1(C)C/C(=N\O)[C@H]([C@H](O)c2cccc([N+](=O)[O-])c2)C(C)(C)N1. The highest BCUT2D eigenvalue weighted by atomic mass is 16.6. The Balaban J connectivity index is 2.42. The molecular weight excluding hydrogens is 298 g/mol. The molecule has 1 heterocycles. The predicted octanol–water partition coefficient (Wildman–Crippen LogP) is 2.63. The fourth-order valence-electron chi connectivity index (χ4n) is 3.66. The molecule has 0 bridgehead atoms. The molecule has 0 spiro atoms. The number of oxime groups is 1. The Morgan fingerprint density at radius 3 is 2.61 bits per heavy atom. The highest BCUT2D eigenvalue weighted by Crippen LogP contribution is 2.39. The van der Waals surface area contributed by atoms with Crippen LogP contribution in [-0.4, -0.2) is 32.0 Å². The van der Waals surface area contributed by atoms with Gasteiger partial charge in [0, 0.05) is 35.5 Å². The third-order valence-electron chi connectivity index (χ3n) is 4.29. The van der Waals surface area contributed by atoms with Crippen LogP contribution >= 0.6 is 0 Å². The first-order valence-corrected chi connectivity index (χ1v) is 7.50. The summed E-state index contributed by atoms with van der Waals surface area (Å²) >= 11 is 0. The van der Waals surface area contributed by atoms with Gasteiger partial charge in [0.2, 0.25) is 0 Å². The summed E-state index contributed by atoms with van der Waals surface area (Å²) in [5.41, 5.74) is 0.0146. The van der Waals surface area contributed by atoms with Crippen LogP contribution in [-0.2, 0) is 0 Å². The molecule has 0 amide bonds. The number of nitro groups is 1. The van der Waals surface area contributed by atoms with Crippen molar-refractivity contribution in [2.75, 3.05) is 0 Å². The lowest BCUT2D eigenvalue weighted by atomic mass is 9.69. The number of rotatable bonds is 3. The molecule has 1 aliphatic heterocycles. The van der Waals surface area contributed by atoms with E-state index in [2.05, 4.69) is 10.5 Å². The number of nitrogens with zero attached hydrogens (tertiary/aromatic N) is 2. The lowest BCUT2D eigenvalue weighted by Gasteiger charge is -2.49. The van der Waals surface area contributed by atoms with Crippen LogP contribution in [0.1, 0.15) is 45.8 Å². The summed E-state index contributed by atoms with van der Waals surface area (Å²) in [6.07, 6.45) is -0.539. The van der Waals surface area contributed by atoms with Crippen molar-refractivity contribution in [2.24, 2.45) is 11.1 Å². The van der Waals surface area contributed by atoms with E-state index < -0.39 is 22.5 Å². The molecule has 126 valence electrons. The van der Waals surface area contributed by atoms with Gasteiger partial charge in [0.15, 0.2) is 0 Å². The van der Waals surface area contributed by atoms with Crippen molar-refractivity contribution in [3.8, 4) is 0 Å². The molecule has 0 radical (unpaired) electrons. The van der Waals surface area contributed by atoms with Gasteiger partial charge < -0.3 is 15.6 Å². The Bertz CT molecular complexity index is 640. The molecule has 0 aromatic heterocycles. The van der Waals surface area contributed by atoms with Crippen molar-refractivity contribution < 1.29 is 15.2 Å². The summed E-state index contributed by atoms with van der Waals surface area (Å²) in [6.45, 7) is 7.83. The minimum Gasteiger partial charge on any atom is -0.411 e. The molecule has 0 saturated carbocycles. The smallest absolute Gasteiger partial charge is 0.269 e. The quantitative estimate of drug-likeness (QED) is 0.450. The molecule has 3 N–H and O–H groups in total. The van der Waals surface area contributed by atoms with E-state index in [1.165, 1.54) is 12.1 Å². The molecule has 1 aromatic rings. The average molecular weight is 321 g/mol. The fraction of sp³-hybridized carbons (Fsp3) is 0.562. The number of nitro benzene ring substituents is 1. The first-order chi connectivity index (χ1) is 10.6. The summed E-state index contributed by atoms with van der Waals surface area (Å²) in [7, 11) is 0. The van der Waals surface area contributed by atoms with Gasteiger partial charge in [-0.05, 0) is 33.3 Å². The van der Waals surface area contributed by atoms with Crippen molar-refractivity contribution >= 4 is 11.4 Å². The maximum absolute atomic E-state index is 10.9. The third kappa shape index (κ3) is 3.51. The maximum Gasteiger partial charge on any atom is 0.269 e. The van der Waals surface area contributed by atoms with Gasteiger partial charge in [-0.2, -0.15) is 0 Å². The van der Waals surface area contributed by atoms with E-state index in [1.54, 1.807) is 12.1 Å². The zero-order valence-electron chi connectivity index (χ0n) is 13.8. The summed E-state index contributed by atoms with van der Waals surface area (Å²) < 4.78 is 0. The van der Waals surface area contributed by atoms with Gasteiger partial charge in [0.05, 0.1) is 16.7 Å². The van der Waals surface area contributed by atoms with Crippen LogP contribution in [0.5, 0.6) is 0 Å². The number of benzene rings is 1. The van der Waals surface area contributed by atoms with E-state index in [4.69, 9.17) is 0 Å². The van der Waals surface area contributed by atoms with Crippen molar-refractivity contribution in [3.63, 3.8) is 0 Å². The van der Waals surface area contributed by atoms with Gasteiger partial charge >= 0.3 is 0 Å². The molecule has 0 unspecified atom stereocenters. The minimum atomic E-state index is -1.01. The molecule has 1 fully saturated rings. The number of non-ortho nitro benzene ring substituents is 1. The topological polar surface area (TPSA) is 108 Å². The second kappa shape index (κ2) is 5.90. The Morgan fingerprint density at radius 2 is 2.04 bits per heavy atom. The van der Waals surface area contributed by atoms with Gasteiger partial charge in [-0.25, -0.2) is 0 Å². The van der Waals surface area contributed by atoms with Crippen LogP contribution in [0.3, 0.4) is 0 Å². The number of aliphatic hydroxyl groups excluding tert-OH is 1. The van der Waals surface area contributed by atoms with Crippen LogP contribution in [0.15, 0.2) is 29.4 Å². The normalized spacial score (nSPS) is 26.0.